The molecule has 2 radical (unpaired) electrons. The second-order valence-corrected chi connectivity index (χ2v) is 4.86. The molecule has 1 aliphatic carbocycles. The average Bonchev–Trinajstić information content (AvgIpc) is 2.47. The van der Waals surface area contributed by atoms with Crippen molar-refractivity contribution in [2.75, 3.05) is 0 Å². The van der Waals surface area contributed by atoms with Gasteiger partial charge in [0.05, 0.1) is 16.0 Å². The maximum absolute atomic E-state index is 11.8. The number of carbonyl (C=O) groups is 1. The number of benzene rings is 1. The Kier molecular flexibility index (Phi) is 3.05. The molecule has 0 spiro atoms. The molecule has 0 bridgehead atoms. The summed E-state index contributed by atoms with van der Waals surface area (Å²) in [7, 11) is 0. The lowest BCUT2D eigenvalue weighted by molar-refractivity contribution is -0.385. The van der Waals surface area contributed by atoms with Crippen LogP contribution in [0.2, 0.25) is 0 Å². The zero-order valence-corrected chi connectivity index (χ0v) is 11.2. The number of nitrogens with one attached hydrogen (secondary N) is 1. The number of aromatic nitrogens is 2. The Labute approximate surface area is 122 Å². The first-order chi connectivity index (χ1) is 10.4. The molecule has 0 unspecified atom stereocenters. The quantitative estimate of drug-likeness (QED) is 0.436. The van der Waals surface area contributed by atoms with Crippen LogP contribution in [0.3, 0.4) is 0 Å². The van der Waals surface area contributed by atoms with E-state index in [1.165, 1.54) is 0 Å². The fourth-order valence-electron chi connectivity index (χ4n) is 2.73. The minimum atomic E-state index is -1.17. The minimum Gasteiger partial charge on any atom is -0.351 e. The monoisotopic (exact) mass is 302 g/mol. The minimum absolute atomic E-state index is 0.0775. The smallest absolute Gasteiger partial charge is 0.326 e. The Morgan fingerprint density at radius 3 is 2.77 bits per heavy atom. The molecule has 0 atom stereocenters. The molecule has 22 heavy (non-hydrogen) atoms. The zero-order chi connectivity index (χ0) is 16.0. The van der Waals surface area contributed by atoms with Gasteiger partial charge in [-0.3, -0.25) is 19.7 Å². The summed E-state index contributed by atoms with van der Waals surface area (Å²) in [4.78, 5) is 48.1. The molecule has 1 aromatic heterocycles. The summed E-state index contributed by atoms with van der Waals surface area (Å²) < 4.78 is 0.454. The predicted octanol–water partition coefficient (Wildman–Crippen LogP) is 0.0948. The van der Waals surface area contributed by atoms with Crippen molar-refractivity contribution in [3.63, 3.8) is 0 Å². The summed E-state index contributed by atoms with van der Waals surface area (Å²) in [6.45, 7) is 0. The number of carbonyl (C=O) groups excluding carboxylic acids is 1. The van der Waals surface area contributed by atoms with E-state index in [0.29, 0.717) is 28.5 Å². The molecule has 0 fully saturated rings. The van der Waals surface area contributed by atoms with Gasteiger partial charge < -0.3 is 10.7 Å². The van der Waals surface area contributed by atoms with Crippen molar-refractivity contribution in [3.8, 4) is 0 Å². The van der Waals surface area contributed by atoms with Gasteiger partial charge in [0, 0.05) is 11.6 Å². The van der Waals surface area contributed by atoms with Crippen LogP contribution in [0, 0.1) is 16.5 Å². The lowest BCUT2D eigenvalue weighted by atomic mass is 9.89. The molecule has 9 nitrogen and oxygen atoms in total. The number of nitrogens with zero attached hydrogens (tertiary/aromatic N) is 2. The first kappa shape index (κ1) is 14.0. The molecule has 9 heteroatoms. The highest BCUT2D eigenvalue weighted by atomic mass is 16.6. The van der Waals surface area contributed by atoms with Crippen molar-refractivity contribution in [1.82, 2.24) is 9.55 Å². The van der Waals surface area contributed by atoms with E-state index in [4.69, 9.17) is 5.73 Å². The molecule has 1 aliphatic rings. The van der Waals surface area contributed by atoms with E-state index in [0.717, 1.165) is 6.07 Å². The van der Waals surface area contributed by atoms with E-state index in [-0.39, 0.29) is 23.1 Å². The molecule has 1 amide bonds. The van der Waals surface area contributed by atoms with Crippen LogP contribution in [0.5, 0.6) is 0 Å². The van der Waals surface area contributed by atoms with Gasteiger partial charge in [0.25, 0.3) is 5.69 Å². The number of rotatable bonds is 1. The maximum atomic E-state index is 11.8. The first-order valence-corrected chi connectivity index (χ1v) is 6.40. The standard InChI is InChI=1S/C13H10N4O5/c14-13(20)16-9-5-8(17(21)22)6-3-1-2-4-7(6)10(9)15-11(18)12(16)19/h5H,1,3-4H2,(H2,14,20)(H,15,18). The van der Waals surface area contributed by atoms with E-state index in [2.05, 4.69) is 11.4 Å². The molecular weight excluding hydrogens is 292 g/mol. The molecule has 112 valence electrons. The van der Waals surface area contributed by atoms with Gasteiger partial charge in [-0.2, -0.15) is 0 Å². The zero-order valence-electron chi connectivity index (χ0n) is 11.2. The third kappa shape index (κ3) is 1.90. The van der Waals surface area contributed by atoms with Crippen molar-refractivity contribution >= 4 is 22.8 Å². The van der Waals surface area contributed by atoms with Crippen molar-refractivity contribution < 1.29 is 9.72 Å². The van der Waals surface area contributed by atoms with Gasteiger partial charge in [-0.25, -0.2) is 9.36 Å². The van der Waals surface area contributed by atoms with Gasteiger partial charge in [-0.1, -0.05) is 0 Å². The number of nitrogens with two attached hydrogens (primary N) is 1. The number of fused-ring (bicyclic) bond motifs is 3. The van der Waals surface area contributed by atoms with E-state index < -0.39 is 22.1 Å². The average molecular weight is 302 g/mol. The van der Waals surface area contributed by atoms with E-state index in [1.807, 2.05) is 0 Å². The van der Waals surface area contributed by atoms with Crippen LogP contribution < -0.4 is 16.9 Å². The van der Waals surface area contributed by atoms with E-state index in [1.54, 1.807) is 0 Å². The highest BCUT2D eigenvalue weighted by molar-refractivity contribution is 5.91. The third-order valence-corrected chi connectivity index (χ3v) is 3.65. The molecule has 1 aromatic carbocycles. The summed E-state index contributed by atoms with van der Waals surface area (Å²) in [5.74, 6) is 0. The van der Waals surface area contributed by atoms with Crippen molar-refractivity contribution in [1.29, 1.82) is 0 Å². The highest BCUT2D eigenvalue weighted by Crippen LogP contribution is 2.33. The fourth-order valence-corrected chi connectivity index (χ4v) is 2.73. The summed E-state index contributed by atoms with van der Waals surface area (Å²) in [5.41, 5.74) is 3.85. The lowest BCUT2D eigenvalue weighted by Gasteiger charge is -2.18. The van der Waals surface area contributed by atoms with Crippen LogP contribution in [-0.2, 0) is 12.8 Å². The maximum Gasteiger partial charge on any atom is 0.326 e. The number of nitro groups is 1. The van der Waals surface area contributed by atoms with Gasteiger partial charge in [-0.05, 0) is 31.2 Å². The number of H-pyrrole nitrogens is 1. The Hall–Kier alpha value is -2.97. The largest absolute Gasteiger partial charge is 0.351 e. The van der Waals surface area contributed by atoms with E-state index in [9.17, 15) is 24.5 Å². The van der Waals surface area contributed by atoms with Crippen LogP contribution in [0.15, 0.2) is 15.7 Å². The van der Waals surface area contributed by atoms with Gasteiger partial charge in [0.1, 0.15) is 0 Å². The van der Waals surface area contributed by atoms with Crippen molar-refractivity contribution in [2.45, 2.75) is 19.3 Å². The van der Waals surface area contributed by atoms with Crippen LogP contribution in [0.1, 0.15) is 17.5 Å². The first-order valence-electron chi connectivity index (χ1n) is 6.40. The number of primary amides is 1. The second kappa shape index (κ2) is 4.79. The van der Waals surface area contributed by atoms with Gasteiger partial charge in [0.15, 0.2) is 0 Å². The number of hydrogen-bond donors (Lipinski definition) is 2. The molecule has 0 aliphatic heterocycles. The molecule has 3 rings (SSSR count). The third-order valence-electron chi connectivity index (χ3n) is 3.65. The normalized spacial score (nSPS) is 13.8. The number of nitro benzene ring substituents is 1. The Bertz CT molecular complexity index is 940. The number of amides is 1. The lowest BCUT2D eigenvalue weighted by Crippen LogP contribution is -2.42. The van der Waals surface area contributed by atoms with Gasteiger partial charge >= 0.3 is 17.1 Å². The molecular formula is C13H10N4O5. The number of aromatic amines is 1. The summed E-state index contributed by atoms with van der Waals surface area (Å²) in [6.07, 6.45) is 4.27. The molecule has 1 heterocycles. The molecule has 2 aromatic rings. The molecule has 0 saturated heterocycles. The fraction of sp³-hybridized carbons (Fsp3) is 0.231. The van der Waals surface area contributed by atoms with Crippen LogP contribution >= 0.6 is 0 Å². The summed E-state index contributed by atoms with van der Waals surface area (Å²) in [6, 6.07) is -0.0687. The highest BCUT2D eigenvalue weighted by Gasteiger charge is 2.26. The van der Waals surface area contributed by atoms with Crippen LogP contribution in [-0.4, -0.2) is 20.5 Å². The Morgan fingerprint density at radius 1 is 1.41 bits per heavy atom. The second-order valence-electron chi connectivity index (χ2n) is 4.86. The summed E-state index contributed by atoms with van der Waals surface area (Å²) in [5, 5.41) is 11.3. The van der Waals surface area contributed by atoms with Gasteiger partial charge in [0.2, 0.25) is 0 Å². The predicted molar refractivity (Wildman–Crippen MR) is 75.7 cm³/mol. The SMILES string of the molecule is NC(=O)n1c(=O)c(=O)[nH]c2c3c(c([N+](=O)[O-])cc21)CC[C]C3. The molecule has 3 N–H and O–H groups in total. The Morgan fingerprint density at radius 2 is 2.14 bits per heavy atom. The van der Waals surface area contributed by atoms with E-state index >= 15 is 0 Å². The topological polar surface area (TPSA) is 141 Å². The molecule has 0 saturated carbocycles. The van der Waals surface area contributed by atoms with Crippen molar-refractivity contribution in [3.05, 3.63) is 54.4 Å². The number of hydrogen-bond acceptors (Lipinski definition) is 5. The van der Waals surface area contributed by atoms with Crippen LogP contribution in [0.25, 0.3) is 11.0 Å². The summed E-state index contributed by atoms with van der Waals surface area (Å²) >= 11 is 0. The Balaban J connectivity index is 2.57. The van der Waals surface area contributed by atoms with Crippen molar-refractivity contribution in [2.24, 2.45) is 5.73 Å². The van der Waals surface area contributed by atoms with Crippen LogP contribution in [0.4, 0.5) is 10.5 Å². The van der Waals surface area contributed by atoms with Gasteiger partial charge in [-0.15, -0.1) is 0 Å².